The van der Waals surface area contributed by atoms with E-state index in [0.29, 0.717) is 6.42 Å². The SMILES string of the molecule is CCC(=O)C1C(=O)CC(C)(C)SC1=O. The second kappa shape index (κ2) is 3.85. The highest BCUT2D eigenvalue weighted by atomic mass is 32.2. The zero-order valence-electron chi connectivity index (χ0n) is 8.62. The molecular formula is C10H14O3S. The van der Waals surface area contributed by atoms with Crippen molar-refractivity contribution < 1.29 is 14.4 Å². The van der Waals surface area contributed by atoms with Crippen molar-refractivity contribution in [2.45, 2.75) is 38.4 Å². The lowest BCUT2D eigenvalue weighted by Gasteiger charge is -2.30. The Hall–Kier alpha value is -0.640. The van der Waals surface area contributed by atoms with Crippen LogP contribution in [0.2, 0.25) is 0 Å². The van der Waals surface area contributed by atoms with Crippen LogP contribution in [0.15, 0.2) is 0 Å². The van der Waals surface area contributed by atoms with E-state index in [0.717, 1.165) is 11.8 Å². The molecule has 0 aromatic carbocycles. The molecule has 0 amide bonds. The van der Waals surface area contributed by atoms with Crippen LogP contribution >= 0.6 is 11.8 Å². The molecule has 1 fully saturated rings. The van der Waals surface area contributed by atoms with Gasteiger partial charge in [0.25, 0.3) is 0 Å². The minimum Gasteiger partial charge on any atom is -0.298 e. The molecule has 0 radical (unpaired) electrons. The van der Waals surface area contributed by atoms with Gasteiger partial charge in [-0.1, -0.05) is 18.7 Å². The van der Waals surface area contributed by atoms with Gasteiger partial charge >= 0.3 is 0 Å². The zero-order valence-corrected chi connectivity index (χ0v) is 9.44. The molecule has 1 aliphatic rings. The van der Waals surface area contributed by atoms with E-state index in [1.54, 1.807) is 6.92 Å². The molecule has 3 nitrogen and oxygen atoms in total. The number of carbonyl (C=O) groups excluding carboxylic acids is 3. The summed E-state index contributed by atoms with van der Waals surface area (Å²) in [6, 6.07) is 0. The summed E-state index contributed by atoms with van der Waals surface area (Å²) < 4.78 is -0.349. The third-order valence-electron chi connectivity index (χ3n) is 2.20. The lowest BCUT2D eigenvalue weighted by atomic mass is 9.91. The Morgan fingerprint density at radius 2 is 2.07 bits per heavy atom. The normalized spacial score (nSPS) is 26.4. The van der Waals surface area contributed by atoms with Gasteiger partial charge in [-0.25, -0.2) is 0 Å². The number of hydrogen-bond donors (Lipinski definition) is 0. The first-order valence-corrected chi connectivity index (χ1v) is 5.47. The van der Waals surface area contributed by atoms with Crippen molar-refractivity contribution in [2.75, 3.05) is 0 Å². The van der Waals surface area contributed by atoms with Crippen LogP contribution in [0.25, 0.3) is 0 Å². The minimum atomic E-state index is -0.988. The number of Topliss-reactive ketones (excluding diaryl/α,β-unsaturated/α-hetero) is 2. The summed E-state index contributed by atoms with van der Waals surface area (Å²) in [4.78, 5) is 34.5. The molecule has 0 bridgehead atoms. The highest BCUT2D eigenvalue weighted by Gasteiger charge is 2.43. The van der Waals surface area contributed by atoms with E-state index in [-0.39, 0.29) is 27.8 Å². The molecule has 1 heterocycles. The van der Waals surface area contributed by atoms with Gasteiger partial charge in [0.05, 0.1) is 0 Å². The van der Waals surface area contributed by atoms with Crippen LogP contribution in [0.1, 0.15) is 33.6 Å². The van der Waals surface area contributed by atoms with Gasteiger partial charge in [-0.2, -0.15) is 0 Å². The maximum absolute atomic E-state index is 11.6. The monoisotopic (exact) mass is 214 g/mol. The fourth-order valence-corrected chi connectivity index (χ4v) is 2.68. The number of thioether (sulfide) groups is 1. The Kier molecular flexibility index (Phi) is 3.14. The smallest absolute Gasteiger partial charge is 0.207 e. The van der Waals surface area contributed by atoms with Crippen LogP contribution in [0.5, 0.6) is 0 Å². The Morgan fingerprint density at radius 1 is 1.50 bits per heavy atom. The second-order valence-corrected chi connectivity index (χ2v) is 5.79. The van der Waals surface area contributed by atoms with Crippen molar-refractivity contribution in [3.8, 4) is 0 Å². The van der Waals surface area contributed by atoms with Crippen LogP contribution in [0, 0.1) is 5.92 Å². The number of carbonyl (C=O) groups is 3. The maximum Gasteiger partial charge on any atom is 0.207 e. The van der Waals surface area contributed by atoms with Crippen molar-refractivity contribution in [3.05, 3.63) is 0 Å². The molecule has 1 rings (SSSR count). The average molecular weight is 214 g/mol. The van der Waals surface area contributed by atoms with Crippen molar-refractivity contribution in [3.63, 3.8) is 0 Å². The number of hydrogen-bond acceptors (Lipinski definition) is 4. The van der Waals surface area contributed by atoms with Gasteiger partial charge in [-0.05, 0) is 13.8 Å². The van der Waals surface area contributed by atoms with E-state index < -0.39 is 5.92 Å². The molecular weight excluding hydrogens is 200 g/mol. The van der Waals surface area contributed by atoms with E-state index in [2.05, 4.69) is 0 Å². The number of ketones is 2. The highest BCUT2D eigenvalue weighted by Crippen LogP contribution is 2.37. The van der Waals surface area contributed by atoms with Crippen LogP contribution in [-0.2, 0) is 14.4 Å². The molecule has 78 valence electrons. The topological polar surface area (TPSA) is 51.2 Å². The predicted molar refractivity (Wildman–Crippen MR) is 55.1 cm³/mol. The molecule has 1 aliphatic heterocycles. The Morgan fingerprint density at radius 3 is 2.50 bits per heavy atom. The standard InChI is InChI=1S/C10H14O3S/c1-4-6(11)8-7(12)5-10(2,3)14-9(8)13/h8H,4-5H2,1-3H3. The fraction of sp³-hybridized carbons (Fsp3) is 0.700. The van der Waals surface area contributed by atoms with Crippen molar-refractivity contribution in [1.29, 1.82) is 0 Å². The third-order valence-corrected chi connectivity index (χ3v) is 3.34. The van der Waals surface area contributed by atoms with E-state index in [9.17, 15) is 14.4 Å². The molecule has 0 aliphatic carbocycles. The number of rotatable bonds is 2. The van der Waals surface area contributed by atoms with Crippen LogP contribution in [0.3, 0.4) is 0 Å². The van der Waals surface area contributed by atoms with Crippen LogP contribution in [-0.4, -0.2) is 21.4 Å². The van der Waals surface area contributed by atoms with Crippen molar-refractivity contribution in [1.82, 2.24) is 0 Å². The summed E-state index contributed by atoms with van der Waals surface area (Å²) in [7, 11) is 0. The van der Waals surface area contributed by atoms with Gasteiger partial charge in [-0.15, -0.1) is 0 Å². The second-order valence-electron chi connectivity index (χ2n) is 4.08. The summed E-state index contributed by atoms with van der Waals surface area (Å²) >= 11 is 1.12. The Balaban J connectivity index is 2.87. The molecule has 0 aromatic heterocycles. The molecule has 0 saturated carbocycles. The molecule has 14 heavy (non-hydrogen) atoms. The average Bonchev–Trinajstić information content (AvgIpc) is 1.99. The van der Waals surface area contributed by atoms with E-state index >= 15 is 0 Å². The van der Waals surface area contributed by atoms with Crippen LogP contribution < -0.4 is 0 Å². The molecule has 0 N–H and O–H groups in total. The van der Waals surface area contributed by atoms with Crippen molar-refractivity contribution >= 4 is 28.4 Å². The van der Waals surface area contributed by atoms with Gasteiger partial charge in [0.2, 0.25) is 5.12 Å². The summed E-state index contributed by atoms with van der Waals surface area (Å²) in [5.74, 6) is -1.45. The maximum atomic E-state index is 11.6. The first kappa shape index (κ1) is 11.4. The summed E-state index contributed by atoms with van der Waals surface area (Å²) in [5.41, 5.74) is 0. The third kappa shape index (κ3) is 2.23. The van der Waals surface area contributed by atoms with Crippen molar-refractivity contribution in [2.24, 2.45) is 5.92 Å². The largest absolute Gasteiger partial charge is 0.298 e. The molecule has 1 unspecified atom stereocenters. The first-order valence-electron chi connectivity index (χ1n) is 4.65. The van der Waals surface area contributed by atoms with Gasteiger partial charge in [0.15, 0.2) is 11.6 Å². The first-order chi connectivity index (χ1) is 6.37. The molecule has 1 saturated heterocycles. The lowest BCUT2D eigenvalue weighted by molar-refractivity contribution is -0.137. The van der Waals surface area contributed by atoms with Gasteiger partial charge < -0.3 is 0 Å². The van der Waals surface area contributed by atoms with E-state index in [4.69, 9.17) is 0 Å². The molecule has 0 spiro atoms. The molecule has 0 aromatic rings. The fourth-order valence-electron chi connectivity index (χ4n) is 1.54. The predicted octanol–water partition coefficient (Wildman–Crippen LogP) is 1.59. The highest BCUT2D eigenvalue weighted by molar-refractivity contribution is 8.15. The van der Waals surface area contributed by atoms with Gasteiger partial charge in [0, 0.05) is 17.6 Å². The summed E-state index contributed by atoms with van der Waals surface area (Å²) in [6.07, 6.45) is 0.558. The van der Waals surface area contributed by atoms with Gasteiger partial charge in [0.1, 0.15) is 5.92 Å². The summed E-state index contributed by atoms with van der Waals surface area (Å²) in [5, 5.41) is -0.280. The Labute approximate surface area is 87.6 Å². The molecule has 1 atom stereocenters. The van der Waals surface area contributed by atoms with Gasteiger partial charge in [-0.3, -0.25) is 14.4 Å². The Bertz CT molecular complexity index is 274. The zero-order chi connectivity index (χ0) is 10.9. The quantitative estimate of drug-likeness (QED) is 0.655. The van der Waals surface area contributed by atoms with E-state index in [1.165, 1.54) is 0 Å². The summed E-state index contributed by atoms with van der Waals surface area (Å²) in [6.45, 7) is 5.37. The van der Waals surface area contributed by atoms with E-state index in [1.807, 2.05) is 13.8 Å². The molecule has 4 heteroatoms. The minimum absolute atomic E-state index is 0.217. The lowest BCUT2D eigenvalue weighted by Crippen LogP contribution is -2.40. The van der Waals surface area contributed by atoms with Crippen LogP contribution in [0.4, 0.5) is 0 Å².